The summed E-state index contributed by atoms with van der Waals surface area (Å²) in [4.78, 5) is 31.8. The number of carbonyl (C=O) groups excluding carboxylic acids is 2. The average Bonchev–Trinajstić information content (AvgIpc) is 3.54. The van der Waals surface area contributed by atoms with E-state index in [0.29, 0.717) is 36.6 Å². The predicted octanol–water partition coefficient (Wildman–Crippen LogP) is 3.17. The summed E-state index contributed by atoms with van der Waals surface area (Å²) in [6.45, 7) is 0.756. The van der Waals surface area contributed by atoms with Crippen LogP contribution in [0.3, 0.4) is 0 Å². The second-order valence-corrected chi connectivity index (χ2v) is 9.41. The normalized spacial score (nSPS) is 22.0. The van der Waals surface area contributed by atoms with Gasteiger partial charge in [-0.15, -0.1) is 0 Å². The summed E-state index contributed by atoms with van der Waals surface area (Å²) in [5.74, 6) is 0.604. The first-order valence-corrected chi connectivity index (χ1v) is 11.4. The molecule has 2 fully saturated rings. The zero-order valence-electron chi connectivity index (χ0n) is 18.4. The largest absolute Gasteiger partial charge is 0.369 e. The Morgan fingerprint density at radius 3 is 2.81 bits per heavy atom. The number of hydrogen-bond acceptors (Lipinski definition) is 5. The van der Waals surface area contributed by atoms with E-state index < -0.39 is 11.3 Å². The molecule has 1 aliphatic heterocycles. The van der Waals surface area contributed by atoms with Gasteiger partial charge in [0.05, 0.1) is 28.5 Å². The molecule has 8 heteroatoms. The highest BCUT2D eigenvalue weighted by Crippen LogP contribution is 2.37. The van der Waals surface area contributed by atoms with Crippen molar-refractivity contribution in [1.82, 2.24) is 19.6 Å². The maximum absolute atomic E-state index is 13.2. The van der Waals surface area contributed by atoms with Crippen molar-refractivity contribution < 1.29 is 14.1 Å². The number of aromatic nitrogens is 3. The van der Waals surface area contributed by atoms with Gasteiger partial charge in [0.1, 0.15) is 5.76 Å². The third-order valence-corrected chi connectivity index (χ3v) is 7.25. The van der Waals surface area contributed by atoms with Gasteiger partial charge < -0.3 is 19.7 Å². The van der Waals surface area contributed by atoms with E-state index in [1.54, 1.807) is 17.3 Å². The van der Waals surface area contributed by atoms with Crippen LogP contribution in [0.25, 0.3) is 11.0 Å². The molecule has 2 amide bonds. The van der Waals surface area contributed by atoms with E-state index in [1.807, 2.05) is 29.8 Å². The third-order valence-electron chi connectivity index (χ3n) is 7.25. The van der Waals surface area contributed by atoms with Crippen LogP contribution in [0, 0.1) is 5.41 Å². The maximum atomic E-state index is 13.2. The second-order valence-electron chi connectivity index (χ2n) is 9.41. The summed E-state index contributed by atoms with van der Waals surface area (Å²) in [7, 11) is 1.92. The predicted molar refractivity (Wildman–Crippen MR) is 119 cm³/mol. The SMILES string of the molecule is Cn1cnc2cc(C(=O)N3CC[C@](Cc4cc(C5CCCCC5)no4)(C(N)=O)C3)ccc21. The highest BCUT2D eigenvalue weighted by Gasteiger charge is 2.46. The summed E-state index contributed by atoms with van der Waals surface area (Å²) < 4.78 is 7.53. The number of primary amides is 1. The smallest absolute Gasteiger partial charge is 0.253 e. The molecule has 0 bridgehead atoms. The van der Waals surface area contributed by atoms with Gasteiger partial charge >= 0.3 is 0 Å². The lowest BCUT2D eigenvalue weighted by Crippen LogP contribution is -2.42. The van der Waals surface area contributed by atoms with Crippen molar-refractivity contribution in [2.75, 3.05) is 13.1 Å². The van der Waals surface area contributed by atoms with Crippen LogP contribution in [0.1, 0.15) is 66.3 Å². The molecule has 3 aromatic rings. The minimum absolute atomic E-state index is 0.110. The van der Waals surface area contributed by atoms with Crippen molar-refractivity contribution in [3.63, 3.8) is 0 Å². The van der Waals surface area contributed by atoms with Crippen LogP contribution in [0.5, 0.6) is 0 Å². The van der Waals surface area contributed by atoms with E-state index in [1.165, 1.54) is 19.3 Å². The molecule has 2 aliphatic rings. The number of nitrogens with two attached hydrogens (primary N) is 1. The molecule has 3 heterocycles. The van der Waals surface area contributed by atoms with Gasteiger partial charge in [0.25, 0.3) is 5.91 Å². The molecule has 0 unspecified atom stereocenters. The fourth-order valence-electron chi connectivity index (χ4n) is 5.27. The highest BCUT2D eigenvalue weighted by atomic mass is 16.5. The first-order chi connectivity index (χ1) is 15.4. The van der Waals surface area contributed by atoms with Crippen molar-refractivity contribution in [3.8, 4) is 0 Å². The molecule has 1 saturated carbocycles. The van der Waals surface area contributed by atoms with Gasteiger partial charge in [0, 0.05) is 44.1 Å². The fraction of sp³-hybridized carbons (Fsp3) is 0.500. The van der Waals surface area contributed by atoms with Crippen LogP contribution in [-0.4, -0.2) is 44.5 Å². The molecule has 32 heavy (non-hydrogen) atoms. The van der Waals surface area contributed by atoms with Gasteiger partial charge in [-0.3, -0.25) is 9.59 Å². The average molecular weight is 436 g/mol. The third kappa shape index (κ3) is 3.67. The standard InChI is InChI=1S/C24H29N5O3/c1-28-15-26-20-11-17(7-8-21(20)28)22(30)29-10-9-24(14-29,23(25)31)13-18-12-19(27-32-18)16-5-3-2-4-6-16/h7-8,11-12,15-16H,2-6,9-10,13-14H2,1H3,(H2,25,31)/t24-/m1/s1. The Kier molecular flexibility index (Phi) is 5.23. The molecule has 2 aromatic heterocycles. The van der Waals surface area contributed by atoms with Crippen LogP contribution in [-0.2, 0) is 18.3 Å². The Balaban J connectivity index is 1.32. The molecular formula is C24H29N5O3. The van der Waals surface area contributed by atoms with E-state index >= 15 is 0 Å². The first-order valence-electron chi connectivity index (χ1n) is 11.4. The summed E-state index contributed by atoms with van der Waals surface area (Å²) in [5.41, 5.74) is 8.30. The topological polar surface area (TPSA) is 107 Å². The van der Waals surface area contributed by atoms with Crippen LogP contribution >= 0.6 is 0 Å². The Morgan fingerprint density at radius 1 is 1.22 bits per heavy atom. The quantitative estimate of drug-likeness (QED) is 0.662. The number of carbonyl (C=O) groups is 2. The number of aryl methyl sites for hydroxylation is 1. The number of benzene rings is 1. The summed E-state index contributed by atoms with van der Waals surface area (Å²) in [6.07, 6.45) is 8.60. The van der Waals surface area contributed by atoms with E-state index in [2.05, 4.69) is 10.1 Å². The van der Waals surface area contributed by atoms with Crippen LogP contribution in [0.2, 0.25) is 0 Å². The van der Waals surface area contributed by atoms with Crippen molar-refractivity contribution in [1.29, 1.82) is 0 Å². The number of rotatable bonds is 5. The molecule has 1 aliphatic carbocycles. The lowest BCUT2D eigenvalue weighted by molar-refractivity contribution is -0.127. The summed E-state index contributed by atoms with van der Waals surface area (Å²) >= 11 is 0. The van der Waals surface area contributed by atoms with Gasteiger partial charge in [-0.05, 0) is 37.5 Å². The molecule has 0 spiro atoms. The minimum Gasteiger partial charge on any atom is -0.369 e. The molecule has 1 atom stereocenters. The summed E-state index contributed by atoms with van der Waals surface area (Å²) in [6, 6.07) is 7.49. The monoisotopic (exact) mass is 435 g/mol. The van der Waals surface area contributed by atoms with Crippen molar-refractivity contribution >= 4 is 22.8 Å². The minimum atomic E-state index is -0.839. The Labute approximate surface area is 186 Å². The van der Waals surface area contributed by atoms with E-state index in [0.717, 1.165) is 29.6 Å². The van der Waals surface area contributed by atoms with Crippen molar-refractivity contribution in [3.05, 3.63) is 47.6 Å². The zero-order valence-corrected chi connectivity index (χ0v) is 18.4. The molecule has 5 rings (SSSR count). The molecule has 0 radical (unpaired) electrons. The Bertz CT molecular complexity index is 1160. The van der Waals surface area contributed by atoms with Crippen LogP contribution in [0.4, 0.5) is 0 Å². The van der Waals surface area contributed by atoms with E-state index in [9.17, 15) is 9.59 Å². The lowest BCUT2D eigenvalue weighted by atomic mass is 9.81. The Hall–Kier alpha value is -3.16. The fourth-order valence-corrected chi connectivity index (χ4v) is 5.27. The van der Waals surface area contributed by atoms with Crippen LogP contribution < -0.4 is 5.73 Å². The van der Waals surface area contributed by atoms with E-state index in [4.69, 9.17) is 10.3 Å². The molecule has 1 saturated heterocycles. The van der Waals surface area contributed by atoms with Crippen molar-refractivity contribution in [2.24, 2.45) is 18.2 Å². The number of hydrogen-bond donors (Lipinski definition) is 1. The molecule has 8 nitrogen and oxygen atoms in total. The van der Waals surface area contributed by atoms with Crippen molar-refractivity contribution in [2.45, 2.75) is 50.9 Å². The maximum Gasteiger partial charge on any atom is 0.253 e. The van der Waals surface area contributed by atoms with Gasteiger partial charge in [-0.1, -0.05) is 24.4 Å². The molecule has 2 N–H and O–H groups in total. The van der Waals surface area contributed by atoms with Gasteiger partial charge in [-0.2, -0.15) is 0 Å². The van der Waals surface area contributed by atoms with Gasteiger partial charge in [-0.25, -0.2) is 4.98 Å². The molecular weight excluding hydrogens is 406 g/mol. The van der Waals surface area contributed by atoms with E-state index in [-0.39, 0.29) is 12.5 Å². The lowest BCUT2D eigenvalue weighted by Gasteiger charge is -2.24. The number of amides is 2. The number of nitrogens with zero attached hydrogens (tertiary/aromatic N) is 4. The van der Waals surface area contributed by atoms with Crippen LogP contribution in [0.15, 0.2) is 35.1 Å². The second kappa shape index (κ2) is 8.07. The number of likely N-dealkylation sites (tertiary alicyclic amines) is 1. The number of fused-ring (bicyclic) bond motifs is 1. The molecule has 1 aromatic carbocycles. The zero-order chi connectivity index (χ0) is 22.3. The number of imidazole rings is 1. The van der Waals surface area contributed by atoms with Gasteiger partial charge in [0.2, 0.25) is 5.91 Å². The first kappa shape index (κ1) is 20.7. The summed E-state index contributed by atoms with van der Waals surface area (Å²) in [5, 5.41) is 4.29. The van der Waals surface area contributed by atoms with Gasteiger partial charge in [0.15, 0.2) is 0 Å². The Morgan fingerprint density at radius 2 is 2.03 bits per heavy atom. The highest BCUT2D eigenvalue weighted by molar-refractivity contribution is 5.98. The molecule has 168 valence electrons.